The number of rotatable bonds is 9. The number of hydrogen-bond acceptors (Lipinski definition) is 6. The molecule has 9 heteroatoms. The van der Waals surface area contributed by atoms with Crippen molar-refractivity contribution in [2.24, 2.45) is 5.92 Å². The normalized spacial score (nSPS) is 14.1. The van der Waals surface area contributed by atoms with Gasteiger partial charge in [-0.3, -0.25) is 19.6 Å². The zero-order chi connectivity index (χ0) is 28.0. The van der Waals surface area contributed by atoms with Crippen LogP contribution in [0.4, 0.5) is 5.69 Å². The Balaban J connectivity index is 0.00000560. The van der Waals surface area contributed by atoms with Crippen LogP contribution in [0.1, 0.15) is 67.9 Å². The van der Waals surface area contributed by atoms with Crippen molar-refractivity contribution in [1.29, 1.82) is 0 Å². The van der Waals surface area contributed by atoms with E-state index in [2.05, 4.69) is 39.6 Å². The molecule has 1 fully saturated rings. The molecule has 3 amide bonds. The van der Waals surface area contributed by atoms with Gasteiger partial charge in [-0.25, -0.2) is 5.48 Å². The van der Waals surface area contributed by atoms with Gasteiger partial charge in [0, 0.05) is 22.4 Å². The first-order valence-electron chi connectivity index (χ1n) is 13.0. The Kier molecular flexibility index (Phi) is 13.4. The molecule has 212 valence electrons. The van der Waals surface area contributed by atoms with Gasteiger partial charge in [0.15, 0.2) is 0 Å². The van der Waals surface area contributed by atoms with Crippen LogP contribution in [0.25, 0.3) is 0 Å². The lowest BCUT2D eigenvalue weighted by molar-refractivity contribution is -0.133. The lowest BCUT2D eigenvalue weighted by Crippen LogP contribution is -2.51. The Bertz CT molecular complexity index is 1250. The topological polar surface area (TPSA) is 140 Å². The highest BCUT2D eigenvalue weighted by atomic mass is 16.5. The molecule has 0 unspecified atom stereocenters. The summed E-state index contributed by atoms with van der Waals surface area (Å²) in [7, 11) is 0. The first-order chi connectivity index (χ1) is 18.9. The Morgan fingerprint density at radius 1 is 0.925 bits per heavy atom. The van der Waals surface area contributed by atoms with Gasteiger partial charge in [-0.1, -0.05) is 38.5 Å². The molecule has 0 bridgehead atoms. The van der Waals surface area contributed by atoms with Gasteiger partial charge in [-0.15, -0.1) is 0 Å². The summed E-state index contributed by atoms with van der Waals surface area (Å²) in [5.41, 5.74) is 3.77. The average Bonchev–Trinajstić information content (AvgIpc) is 2.95. The van der Waals surface area contributed by atoms with Gasteiger partial charge < -0.3 is 21.1 Å². The molecule has 0 radical (unpaired) electrons. The number of amides is 3. The minimum Gasteiger partial charge on any atom is -0.391 e. The summed E-state index contributed by atoms with van der Waals surface area (Å²) < 4.78 is 0. The average molecular weight is 547 g/mol. The maximum absolute atomic E-state index is 12.3. The van der Waals surface area contributed by atoms with Crippen LogP contribution in [0.15, 0.2) is 48.5 Å². The number of carbonyl (C=O) groups excluding carboxylic acids is 3. The molecule has 9 nitrogen and oxygen atoms in total. The van der Waals surface area contributed by atoms with Gasteiger partial charge in [-0.05, 0) is 92.6 Å². The second-order valence-electron chi connectivity index (χ2n) is 9.51. The number of benzene rings is 2. The van der Waals surface area contributed by atoms with Crippen LogP contribution >= 0.6 is 0 Å². The Labute approximate surface area is 236 Å². The molecule has 2 aromatic rings. The summed E-state index contributed by atoms with van der Waals surface area (Å²) in [5, 5.41) is 26.9. The number of nitrogens with one attached hydrogen (secondary N) is 4. The van der Waals surface area contributed by atoms with Gasteiger partial charge in [0.25, 0.3) is 11.8 Å². The predicted octanol–water partition coefficient (Wildman–Crippen LogP) is 2.82. The van der Waals surface area contributed by atoms with Crippen molar-refractivity contribution in [3.63, 3.8) is 0 Å². The summed E-state index contributed by atoms with van der Waals surface area (Å²) in [6.07, 6.45) is 5.19. The second-order valence-corrected chi connectivity index (χ2v) is 9.51. The van der Waals surface area contributed by atoms with Crippen molar-refractivity contribution in [2.75, 3.05) is 18.4 Å². The SMILES string of the molecule is C.C[C@@H](O)[C@H](NC(=O)c1ccc(C#CC#Cc2ccc(NC(=O)CNCC3CCCCC3)cc2)cc1)C(=O)NO. The summed E-state index contributed by atoms with van der Waals surface area (Å²) in [5.74, 6) is 10.5. The highest BCUT2D eigenvalue weighted by Gasteiger charge is 2.25. The molecule has 2 aromatic carbocycles. The standard InChI is InChI=1S/C30H34N4O5.CH4/c1-21(35)28(30(38)34-39)33-29(37)25-15-11-22(12-16-25)7-5-6-8-23-13-17-26(18-14-23)32-27(36)20-31-19-24-9-3-2-4-10-24;/h11-18,21,24,28,31,35,39H,2-4,9-10,19-20H2,1H3,(H,32,36)(H,33,37)(H,34,38);1H4/t21-,28+;/m1./s1. The summed E-state index contributed by atoms with van der Waals surface area (Å²) in [6.45, 7) is 2.50. The molecule has 0 saturated heterocycles. The van der Waals surface area contributed by atoms with Crippen molar-refractivity contribution < 1.29 is 24.7 Å². The molecule has 40 heavy (non-hydrogen) atoms. The Hall–Kier alpha value is -4.15. The van der Waals surface area contributed by atoms with E-state index in [-0.39, 0.29) is 18.9 Å². The third-order valence-corrected chi connectivity index (χ3v) is 6.40. The number of carbonyl (C=O) groups is 3. The Morgan fingerprint density at radius 2 is 1.50 bits per heavy atom. The molecule has 1 aliphatic carbocycles. The highest BCUT2D eigenvalue weighted by Crippen LogP contribution is 2.22. The first kappa shape index (κ1) is 32.1. The van der Waals surface area contributed by atoms with E-state index in [1.54, 1.807) is 24.3 Å². The molecule has 2 atom stereocenters. The molecule has 6 N–H and O–H groups in total. The number of aliphatic hydroxyl groups excluding tert-OH is 1. The Morgan fingerprint density at radius 3 is 2.05 bits per heavy atom. The van der Waals surface area contributed by atoms with Crippen LogP contribution in [0.5, 0.6) is 0 Å². The van der Waals surface area contributed by atoms with Crippen molar-refractivity contribution in [2.45, 2.75) is 58.6 Å². The van der Waals surface area contributed by atoms with E-state index >= 15 is 0 Å². The first-order valence-corrected chi connectivity index (χ1v) is 13.0. The predicted molar refractivity (Wildman–Crippen MR) is 154 cm³/mol. The molecule has 3 rings (SSSR count). The number of aliphatic hydroxyl groups is 1. The van der Waals surface area contributed by atoms with Crippen LogP contribution in [-0.4, -0.2) is 53.3 Å². The van der Waals surface area contributed by atoms with Gasteiger partial charge in [-0.2, -0.15) is 0 Å². The maximum Gasteiger partial charge on any atom is 0.268 e. The summed E-state index contributed by atoms with van der Waals surface area (Å²) in [4.78, 5) is 36.1. The van der Waals surface area contributed by atoms with Gasteiger partial charge in [0.2, 0.25) is 5.91 Å². The third-order valence-electron chi connectivity index (χ3n) is 6.40. The number of anilines is 1. The van der Waals surface area contributed by atoms with Crippen LogP contribution < -0.4 is 21.4 Å². The van der Waals surface area contributed by atoms with Crippen LogP contribution in [0.2, 0.25) is 0 Å². The quantitative estimate of drug-likeness (QED) is 0.162. The van der Waals surface area contributed by atoms with Gasteiger partial charge in [0.05, 0.1) is 12.6 Å². The van der Waals surface area contributed by atoms with Crippen LogP contribution in [-0.2, 0) is 9.59 Å². The summed E-state index contributed by atoms with van der Waals surface area (Å²) >= 11 is 0. The molecule has 0 spiro atoms. The van der Waals surface area contributed by atoms with Gasteiger partial charge >= 0.3 is 0 Å². The monoisotopic (exact) mass is 546 g/mol. The van der Waals surface area contributed by atoms with Crippen LogP contribution in [0, 0.1) is 29.6 Å². The van der Waals surface area contributed by atoms with Crippen LogP contribution in [0.3, 0.4) is 0 Å². The van der Waals surface area contributed by atoms with E-state index < -0.39 is 24.0 Å². The maximum atomic E-state index is 12.3. The zero-order valence-electron chi connectivity index (χ0n) is 21.9. The minimum atomic E-state index is -1.30. The largest absolute Gasteiger partial charge is 0.391 e. The second kappa shape index (κ2) is 16.7. The zero-order valence-corrected chi connectivity index (χ0v) is 21.9. The molecular weight excluding hydrogens is 508 g/mol. The third kappa shape index (κ3) is 10.5. The van der Waals surface area contributed by atoms with E-state index in [4.69, 9.17) is 5.21 Å². The van der Waals surface area contributed by atoms with Crippen molar-refractivity contribution >= 4 is 23.4 Å². The fourth-order valence-corrected chi connectivity index (χ4v) is 4.23. The molecule has 0 aliphatic heterocycles. The molecule has 0 aromatic heterocycles. The number of hydroxylamine groups is 1. The smallest absolute Gasteiger partial charge is 0.268 e. The minimum absolute atomic E-state index is 0. The van der Waals surface area contributed by atoms with E-state index in [0.29, 0.717) is 23.7 Å². The van der Waals surface area contributed by atoms with Crippen molar-refractivity contribution in [1.82, 2.24) is 16.1 Å². The lowest BCUT2D eigenvalue weighted by Gasteiger charge is -2.21. The van der Waals surface area contributed by atoms with E-state index in [0.717, 1.165) is 12.1 Å². The summed E-state index contributed by atoms with van der Waals surface area (Å²) in [6, 6.07) is 12.2. The highest BCUT2D eigenvalue weighted by molar-refractivity contribution is 5.97. The fourth-order valence-electron chi connectivity index (χ4n) is 4.23. The van der Waals surface area contributed by atoms with E-state index in [1.807, 2.05) is 12.1 Å². The van der Waals surface area contributed by atoms with E-state index in [9.17, 15) is 19.5 Å². The fraction of sp³-hybridized carbons (Fsp3) is 0.387. The molecule has 1 aliphatic rings. The van der Waals surface area contributed by atoms with Crippen molar-refractivity contribution in [3.8, 4) is 23.7 Å². The molecule has 1 saturated carbocycles. The lowest BCUT2D eigenvalue weighted by atomic mass is 9.89. The number of hydrogen-bond donors (Lipinski definition) is 6. The molecule has 0 heterocycles. The molecular formula is C31H38N4O5. The van der Waals surface area contributed by atoms with Crippen molar-refractivity contribution in [3.05, 3.63) is 65.2 Å². The van der Waals surface area contributed by atoms with Gasteiger partial charge in [0.1, 0.15) is 6.04 Å². The van der Waals surface area contributed by atoms with E-state index in [1.165, 1.54) is 56.6 Å².